The third-order valence-electron chi connectivity index (χ3n) is 5.40. The number of methoxy groups -OCH3 is 2. The molecule has 1 N–H and O–H groups in total. The Morgan fingerprint density at radius 3 is 2.03 bits per heavy atom. The van der Waals surface area contributed by atoms with Crippen LogP contribution in [0.2, 0.25) is 0 Å². The highest BCUT2D eigenvalue weighted by Gasteiger charge is 2.56. The van der Waals surface area contributed by atoms with Gasteiger partial charge in [0.2, 0.25) is 5.72 Å². The van der Waals surface area contributed by atoms with E-state index in [2.05, 4.69) is 0 Å². The van der Waals surface area contributed by atoms with Crippen molar-refractivity contribution in [1.82, 2.24) is 4.90 Å². The van der Waals surface area contributed by atoms with E-state index in [1.807, 2.05) is 0 Å². The topological polar surface area (TPSA) is 68.2 Å². The molecular formula is C24H22FNO5. The molecule has 1 amide bonds. The van der Waals surface area contributed by atoms with Crippen LogP contribution in [0.3, 0.4) is 0 Å². The van der Waals surface area contributed by atoms with Gasteiger partial charge in [-0.25, -0.2) is 9.18 Å². The van der Waals surface area contributed by atoms with Gasteiger partial charge in [-0.2, -0.15) is 0 Å². The molecule has 6 nitrogen and oxygen atoms in total. The molecule has 0 spiro atoms. The molecule has 0 aliphatic carbocycles. The van der Waals surface area contributed by atoms with Gasteiger partial charge < -0.3 is 19.3 Å². The van der Waals surface area contributed by atoms with E-state index < -0.39 is 17.9 Å². The smallest absolute Gasteiger partial charge is 0.413 e. The summed E-state index contributed by atoms with van der Waals surface area (Å²) < 4.78 is 29.4. The molecule has 0 radical (unpaired) electrons. The lowest BCUT2D eigenvalue weighted by Gasteiger charge is -2.35. The second kappa shape index (κ2) is 8.28. The Morgan fingerprint density at radius 2 is 1.48 bits per heavy atom. The number of aliphatic hydroxyl groups is 1. The highest BCUT2D eigenvalue weighted by molar-refractivity contribution is 5.72. The second-order valence-corrected chi connectivity index (χ2v) is 7.20. The second-order valence-electron chi connectivity index (χ2n) is 7.20. The summed E-state index contributed by atoms with van der Waals surface area (Å²) in [5.74, 6) is 0.877. The van der Waals surface area contributed by atoms with Gasteiger partial charge in [-0.3, -0.25) is 4.90 Å². The Labute approximate surface area is 179 Å². The molecule has 0 bridgehead atoms. The molecule has 1 aliphatic heterocycles. The Balaban J connectivity index is 1.78. The summed E-state index contributed by atoms with van der Waals surface area (Å²) in [4.78, 5) is 14.1. The fourth-order valence-electron chi connectivity index (χ4n) is 3.71. The third kappa shape index (κ3) is 3.80. The summed E-state index contributed by atoms with van der Waals surface area (Å²) in [5.41, 5.74) is -0.0800. The number of cyclic esters (lactones) is 1. The van der Waals surface area contributed by atoms with E-state index in [0.717, 1.165) is 0 Å². The molecule has 7 heteroatoms. The van der Waals surface area contributed by atoms with Crippen molar-refractivity contribution in [1.29, 1.82) is 0 Å². The van der Waals surface area contributed by atoms with Crippen LogP contribution < -0.4 is 9.47 Å². The summed E-state index contributed by atoms with van der Waals surface area (Å²) >= 11 is 0. The lowest BCUT2D eigenvalue weighted by Crippen LogP contribution is -2.45. The van der Waals surface area contributed by atoms with E-state index in [0.29, 0.717) is 28.2 Å². The normalized spacial score (nSPS) is 20.5. The molecule has 0 saturated carbocycles. The van der Waals surface area contributed by atoms with Crippen LogP contribution in [0.15, 0.2) is 72.8 Å². The molecule has 1 heterocycles. The molecule has 0 aromatic heterocycles. The Morgan fingerprint density at radius 1 is 0.935 bits per heavy atom. The van der Waals surface area contributed by atoms with Crippen LogP contribution in [0.1, 0.15) is 22.8 Å². The molecule has 160 valence electrons. The highest BCUT2D eigenvalue weighted by Crippen LogP contribution is 2.47. The monoisotopic (exact) mass is 423 g/mol. The maximum atomic E-state index is 13.3. The SMILES string of the molecule is COc1ccc([C@@H]2OC(=O)N(Cc3ccc(F)cc3)[C@]2(O)c2ccc(OC)cc2)cc1. The zero-order valence-electron chi connectivity index (χ0n) is 17.1. The van der Waals surface area contributed by atoms with Crippen molar-refractivity contribution in [2.24, 2.45) is 0 Å². The maximum absolute atomic E-state index is 13.3. The quantitative estimate of drug-likeness (QED) is 0.637. The number of benzene rings is 3. The van der Waals surface area contributed by atoms with Gasteiger partial charge in [-0.05, 0) is 47.5 Å². The van der Waals surface area contributed by atoms with E-state index in [1.165, 1.54) is 17.0 Å². The van der Waals surface area contributed by atoms with Gasteiger partial charge in [0.1, 0.15) is 17.3 Å². The first-order chi connectivity index (χ1) is 15.0. The van der Waals surface area contributed by atoms with Gasteiger partial charge in [0, 0.05) is 5.56 Å². The summed E-state index contributed by atoms with van der Waals surface area (Å²) in [7, 11) is 3.11. The van der Waals surface area contributed by atoms with Gasteiger partial charge in [0.05, 0.1) is 20.8 Å². The number of nitrogens with zero attached hydrogens (tertiary/aromatic N) is 1. The minimum absolute atomic E-state index is 0.0360. The molecule has 2 atom stereocenters. The van der Waals surface area contributed by atoms with Crippen LogP contribution in [0.4, 0.5) is 9.18 Å². The number of hydrogen-bond donors (Lipinski definition) is 1. The first-order valence-corrected chi connectivity index (χ1v) is 9.69. The largest absolute Gasteiger partial charge is 0.497 e. The molecule has 3 aromatic carbocycles. The van der Waals surface area contributed by atoms with Gasteiger partial charge in [-0.15, -0.1) is 0 Å². The number of ether oxygens (including phenoxy) is 3. The van der Waals surface area contributed by atoms with Crippen molar-refractivity contribution in [3.05, 3.63) is 95.3 Å². The fraction of sp³-hybridized carbons (Fsp3) is 0.208. The molecule has 0 unspecified atom stereocenters. The lowest BCUT2D eigenvalue weighted by atomic mass is 9.91. The minimum Gasteiger partial charge on any atom is -0.497 e. The minimum atomic E-state index is -1.80. The highest BCUT2D eigenvalue weighted by atomic mass is 19.1. The molecule has 1 aliphatic rings. The average molecular weight is 423 g/mol. The molecule has 31 heavy (non-hydrogen) atoms. The number of carbonyl (C=O) groups is 1. The molecule has 3 aromatic rings. The van der Waals surface area contributed by atoms with Crippen LogP contribution in [0, 0.1) is 5.82 Å². The average Bonchev–Trinajstić information content (AvgIpc) is 3.06. The van der Waals surface area contributed by atoms with E-state index in [4.69, 9.17) is 14.2 Å². The van der Waals surface area contributed by atoms with Crippen molar-refractivity contribution < 1.29 is 28.5 Å². The third-order valence-corrected chi connectivity index (χ3v) is 5.40. The van der Waals surface area contributed by atoms with Gasteiger partial charge in [0.15, 0.2) is 6.10 Å². The zero-order chi connectivity index (χ0) is 22.0. The first-order valence-electron chi connectivity index (χ1n) is 9.69. The van der Waals surface area contributed by atoms with Gasteiger partial charge in [0.25, 0.3) is 0 Å². The standard InChI is InChI=1S/C24H22FNO5/c1-29-20-11-5-17(6-12-20)22-24(28,18-7-13-21(30-2)14-8-18)26(23(27)31-22)15-16-3-9-19(25)10-4-16/h3-14,22,28H,15H2,1-2H3/t22-,24-/m0/s1. The number of amides is 1. The van der Waals surface area contributed by atoms with E-state index in [9.17, 15) is 14.3 Å². The van der Waals surface area contributed by atoms with Gasteiger partial charge >= 0.3 is 6.09 Å². The van der Waals surface area contributed by atoms with Crippen LogP contribution >= 0.6 is 0 Å². The predicted molar refractivity (Wildman–Crippen MR) is 111 cm³/mol. The van der Waals surface area contributed by atoms with Crippen molar-refractivity contribution in [2.75, 3.05) is 14.2 Å². The summed E-state index contributed by atoms with van der Waals surface area (Å²) in [6.07, 6.45) is -1.66. The molecule has 1 saturated heterocycles. The predicted octanol–water partition coefficient (Wildman–Crippen LogP) is 4.38. The van der Waals surface area contributed by atoms with Crippen LogP contribution in [0.25, 0.3) is 0 Å². The zero-order valence-corrected chi connectivity index (χ0v) is 17.1. The van der Waals surface area contributed by atoms with Crippen LogP contribution in [-0.4, -0.2) is 30.3 Å². The Bertz CT molecular complexity index is 1050. The Hall–Kier alpha value is -3.58. The first kappa shape index (κ1) is 20.7. The number of halogens is 1. The lowest BCUT2D eigenvalue weighted by molar-refractivity contribution is -0.113. The number of rotatable bonds is 6. The van der Waals surface area contributed by atoms with Crippen molar-refractivity contribution in [3.63, 3.8) is 0 Å². The molecular weight excluding hydrogens is 401 g/mol. The van der Waals surface area contributed by atoms with Crippen LogP contribution in [-0.2, 0) is 17.0 Å². The van der Waals surface area contributed by atoms with E-state index >= 15 is 0 Å². The molecule has 4 rings (SSSR count). The van der Waals surface area contributed by atoms with Crippen molar-refractivity contribution in [3.8, 4) is 11.5 Å². The van der Waals surface area contributed by atoms with Gasteiger partial charge in [-0.1, -0.05) is 36.4 Å². The van der Waals surface area contributed by atoms with Crippen molar-refractivity contribution >= 4 is 6.09 Å². The maximum Gasteiger partial charge on any atom is 0.413 e. The van der Waals surface area contributed by atoms with E-state index in [-0.39, 0.29) is 12.4 Å². The molecule has 1 fully saturated rings. The summed E-state index contributed by atoms with van der Waals surface area (Å²) in [6.45, 7) is 0.0360. The van der Waals surface area contributed by atoms with Crippen LogP contribution in [0.5, 0.6) is 11.5 Å². The fourth-order valence-corrected chi connectivity index (χ4v) is 3.71. The Kier molecular flexibility index (Phi) is 5.52. The summed E-state index contributed by atoms with van der Waals surface area (Å²) in [6, 6.07) is 19.5. The van der Waals surface area contributed by atoms with Crippen molar-refractivity contribution in [2.45, 2.75) is 18.4 Å². The summed E-state index contributed by atoms with van der Waals surface area (Å²) in [5, 5.41) is 11.9. The number of hydrogen-bond acceptors (Lipinski definition) is 5. The number of carbonyl (C=O) groups excluding carboxylic acids is 1. The van der Waals surface area contributed by atoms with E-state index in [1.54, 1.807) is 74.9 Å².